The molecular weight excluding hydrogens is 614 g/mol. The molecule has 5 aromatic rings. The van der Waals surface area contributed by atoms with Crippen LogP contribution in [0.15, 0.2) is 106 Å². The van der Waals surface area contributed by atoms with Crippen LogP contribution in [0.25, 0.3) is 16.8 Å². The number of benzene rings is 4. The van der Waals surface area contributed by atoms with E-state index < -0.39 is 16.9 Å². The average molecular weight is 640 g/mol. The van der Waals surface area contributed by atoms with E-state index >= 15 is 0 Å². The summed E-state index contributed by atoms with van der Waals surface area (Å²) in [4.78, 5) is 43.1. The quantitative estimate of drug-likeness (QED) is 0.115. The van der Waals surface area contributed by atoms with E-state index in [0.29, 0.717) is 36.9 Å². The highest BCUT2D eigenvalue weighted by Gasteiger charge is 2.34. The van der Waals surface area contributed by atoms with Crippen LogP contribution in [-0.2, 0) is 16.1 Å². The van der Waals surface area contributed by atoms with Crippen molar-refractivity contribution in [2.24, 2.45) is 4.99 Å². The normalized spacial score (nSPS) is 14.6. The number of non-ortho nitro benzene ring substituents is 1. The summed E-state index contributed by atoms with van der Waals surface area (Å²) in [7, 11) is 0. The van der Waals surface area contributed by atoms with E-state index in [1.165, 1.54) is 28.0 Å². The third-order valence-electron chi connectivity index (χ3n) is 7.46. The van der Waals surface area contributed by atoms with Crippen molar-refractivity contribution in [1.82, 2.24) is 4.57 Å². The lowest BCUT2D eigenvalue weighted by Gasteiger charge is -2.25. The van der Waals surface area contributed by atoms with Crippen molar-refractivity contribution in [3.8, 4) is 5.75 Å². The third-order valence-corrected chi connectivity index (χ3v) is 8.79. The second-order valence-electron chi connectivity index (χ2n) is 10.2. The molecule has 11 heteroatoms. The van der Waals surface area contributed by atoms with Gasteiger partial charge >= 0.3 is 5.97 Å². The van der Waals surface area contributed by atoms with Gasteiger partial charge in [-0.1, -0.05) is 71.5 Å². The van der Waals surface area contributed by atoms with Crippen LogP contribution in [0.1, 0.15) is 36.6 Å². The molecule has 0 spiro atoms. The Morgan fingerprint density at radius 3 is 2.53 bits per heavy atom. The fraction of sp³-hybridized carbons (Fsp3) is 0.147. The van der Waals surface area contributed by atoms with E-state index in [2.05, 4.69) is 4.99 Å². The minimum Gasteiger partial charge on any atom is -0.488 e. The van der Waals surface area contributed by atoms with E-state index in [4.69, 9.17) is 21.1 Å². The number of thiazole rings is 1. The highest BCUT2D eigenvalue weighted by atomic mass is 35.5. The minimum absolute atomic E-state index is 0.00281. The summed E-state index contributed by atoms with van der Waals surface area (Å²) in [5.41, 5.74) is 2.38. The summed E-state index contributed by atoms with van der Waals surface area (Å²) in [6.07, 6.45) is 1.78. The standard InChI is InChI=1S/C34H26ClN3O6S/c1-3-43-33(40)30-20(2)36-34-37(31(30)25-10-6-7-11-27(25)35)32(39)29(45-34)18-26-24-9-5-4-8-22(24)14-17-28(26)44-19-21-12-15-23(16-13-21)38(41)42/h4-18,31H,3,19H2,1-2H3/b29-18-/t31-/m0/s1. The number of nitrogens with zero attached hydrogens (tertiary/aromatic N) is 3. The van der Waals surface area contributed by atoms with E-state index in [0.717, 1.165) is 16.3 Å². The maximum absolute atomic E-state index is 14.2. The van der Waals surface area contributed by atoms with Crippen molar-refractivity contribution < 1.29 is 19.2 Å². The molecule has 0 bridgehead atoms. The zero-order valence-corrected chi connectivity index (χ0v) is 25.8. The van der Waals surface area contributed by atoms with Crippen LogP contribution >= 0.6 is 22.9 Å². The Morgan fingerprint density at radius 1 is 1.07 bits per heavy atom. The number of rotatable bonds is 8. The first-order valence-electron chi connectivity index (χ1n) is 14.1. The van der Waals surface area contributed by atoms with Crippen molar-refractivity contribution in [1.29, 1.82) is 0 Å². The lowest BCUT2D eigenvalue weighted by atomic mass is 9.96. The Bertz CT molecular complexity index is 2190. The van der Waals surface area contributed by atoms with Crippen molar-refractivity contribution in [2.75, 3.05) is 6.61 Å². The molecule has 0 radical (unpaired) electrons. The maximum atomic E-state index is 14.2. The van der Waals surface area contributed by atoms with Gasteiger partial charge in [0.25, 0.3) is 11.2 Å². The molecule has 0 saturated heterocycles. The van der Waals surface area contributed by atoms with Crippen molar-refractivity contribution in [3.63, 3.8) is 0 Å². The summed E-state index contributed by atoms with van der Waals surface area (Å²) >= 11 is 7.84. The molecule has 1 atom stereocenters. The maximum Gasteiger partial charge on any atom is 0.338 e. The number of halogens is 1. The monoisotopic (exact) mass is 639 g/mol. The number of fused-ring (bicyclic) bond motifs is 2. The summed E-state index contributed by atoms with van der Waals surface area (Å²) in [6.45, 7) is 3.77. The molecule has 0 N–H and O–H groups in total. The van der Waals surface area contributed by atoms with Gasteiger partial charge in [0.15, 0.2) is 4.80 Å². The van der Waals surface area contributed by atoms with Crippen molar-refractivity contribution in [3.05, 3.63) is 148 Å². The minimum atomic E-state index is -0.832. The van der Waals surface area contributed by atoms with Gasteiger partial charge in [-0.3, -0.25) is 19.5 Å². The van der Waals surface area contributed by atoms with Gasteiger partial charge in [-0.05, 0) is 66.1 Å². The molecular formula is C34H26ClN3O6S. The predicted octanol–water partition coefficient (Wildman–Crippen LogP) is 6.09. The van der Waals surface area contributed by atoms with Crippen LogP contribution in [0.3, 0.4) is 0 Å². The Morgan fingerprint density at radius 2 is 1.80 bits per heavy atom. The fourth-order valence-corrected chi connectivity index (χ4v) is 6.61. The van der Waals surface area contributed by atoms with Crippen molar-refractivity contribution >= 4 is 51.4 Å². The first-order valence-corrected chi connectivity index (χ1v) is 15.3. The first kappa shape index (κ1) is 30.0. The smallest absolute Gasteiger partial charge is 0.338 e. The van der Waals surface area contributed by atoms with Crippen LogP contribution in [-0.4, -0.2) is 22.1 Å². The molecule has 1 aliphatic heterocycles. The van der Waals surface area contributed by atoms with Gasteiger partial charge in [0.05, 0.1) is 27.3 Å². The SMILES string of the molecule is CCOC(=O)C1=C(C)N=c2s/c(=C\c3c(OCc4ccc([N+](=O)[O-])cc4)ccc4ccccc34)c(=O)n2[C@H]1c1ccccc1Cl. The summed E-state index contributed by atoms with van der Waals surface area (Å²) in [6, 6.07) is 24.0. The zero-order chi connectivity index (χ0) is 31.7. The molecule has 0 amide bonds. The highest BCUT2D eigenvalue weighted by molar-refractivity contribution is 7.07. The van der Waals surface area contributed by atoms with Crippen LogP contribution in [0.5, 0.6) is 5.75 Å². The molecule has 0 saturated carbocycles. The molecule has 9 nitrogen and oxygen atoms in total. The second kappa shape index (κ2) is 12.5. The lowest BCUT2D eigenvalue weighted by Crippen LogP contribution is -2.40. The van der Waals surface area contributed by atoms with Crippen LogP contribution in [0.2, 0.25) is 5.02 Å². The second-order valence-corrected chi connectivity index (χ2v) is 11.7. The lowest BCUT2D eigenvalue weighted by molar-refractivity contribution is -0.384. The number of carbonyl (C=O) groups is 1. The molecule has 2 heterocycles. The van der Waals surface area contributed by atoms with E-state index in [-0.39, 0.29) is 30.0 Å². The Kier molecular flexibility index (Phi) is 8.34. The molecule has 1 aromatic heterocycles. The number of nitro benzene ring substituents is 1. The van der Waals surface area contributed by atoms with Gasteiger partial charge in [0.1, 0.15) is 18.4 Å². The fourth-order valence-electron chi connectivity index (χ4n) is 5.34. The number of hydrogen-bond donors (Lipinski definition) is 0. The zero-order valence-electron chi connectivity index (χ0n) is 24.2. The molecule has 0 aliphatic carbocycles. The number of nitro groups is 1. The molecule has 226 valence electrons. The van der Waals surface area contributed by atoms with Gasteiger partial charge in [0, 0.05) is 22.7 Å². The Hall–Kier alpha value is -5.06. The van der Waals surface area contributed by atoms with E-state index in [1.807, 2.05) is 36.4 Å². The first-order chi connectivity index (χ1) is 21.8. The molecule has 4 aromatic carbocycles. The summed E-state index contributed by atoms with van der Waals surface area (Å²) in [5.74, 6) is -0.0298. The number of allylic oxidation sites excluding steroid dienone is 1. The molecule has 0 unspecified atom stereocenters. The molecule has 6 rings (SSSR count). The number of esters is 1. The van der Waals surface area contributed by atoms with Crippen LogP contribution in [0.4, 0.5) is 5.69 Å². The largest absolute Gasteiger partial charge is 0.488 e. The summed E-state index contributed by atoms with van der Waals surface area (Å²) < 4.78 is 13.5. The van der Waals surface area contributed by atoms with E-state index in [9.17, 15) is 19.7 Å². The number of carbonyl (C=O) groups excluding carboxylic acids is 1. The summed E-state index contributed by atoms with van der Waals surface area (Å²) in [5, 5.41) is 13.3. The van der Waals surface area contributed by atoms with Crippen LogP contribution in [0, 0.1) is 10.1 Å². The molecule has 1 aliphatic rings. The number of ether oxygens (including phenoxy) is 2. The Labute approximate surface area is 266 Å². The van der Waals surface area contributed by atoms with Gasteiger partial charge < -0.3 is 9.47 Å². The highest BCUT2D eigenvalue weighted by Crippen LogP contribution is 2.35. The molecule has 0 fully saturated rings. The topological polar surface area (TPSA) is 113 Å². The van der Waals surface area contributed by atoms with E-state index in [1.54, 1.807) is 56.3 Å². The average Bonchev–Trinajstić information content (AvgIpc) is 3.34. The molecule has 45 heavy (non-hydrogen) atoms. The number of hydrogen-bond acceptors (Lipinski definition) is 8. The van der Waals surface area contributed by atoms with Gasteiger partial charge in [-0.15, -0.1) is 0 Å². The predicted molar refractivity (Wildman–Crippen MR) is 173 cm³/mol. The van der Waals surface area contributed by atoms with Gasteiger partial charge in [0.2, 0.25) is 0 Å². The Balaban J connectivity index is 1.50. The van der Waals surface area contributed by atoms with Gasteiger partial charge in [-0.2, -0.15) is 0 Å². The van der Waals surface area contributed by atoms with Gasteiger partial charge in [-0.25, -0.2) is 9.79 Å². The van der Waals surface area contributed by atoms with Crippen LogP contribution < -0.4 is 19.6 Å². The van der Waals surface area contributed by atoms with Crippen molar-refractivity contribution in [2.45, 2.75) is 26.5 Å². The number of aromatic nitrogens is 1. The third kappa shape index (κ3) is 5.77.